The summed E-state index contributed by atoms with van der Waals surface area (Å²) in [4.78, 5) is 25.3. The highest BCUT2D eigenvalue weighted by molar-refractivity contribution is 7.89. The summed E-state index contributed by atoms with van der Waals surface area (Å²) in [5, 5.41) is 2.63. The SMILES string of the molecule is Cc1ccc(S(=O)(=O)NCC(=O)Nc2ccc(C)cc2C(=O)c2ccccc2)cc1. The van der Waals surface area contributed by atoms with Gasteiger partial charge in [-0.25, -0.2) is 13.1 Å². The van der Waals surface area contributed by atoms with Crippen LogP contribution in [0.2, 0.25) is 0 Å². The summed E-state index contributed by atoms with van der Waals surface area (Å²) in [6, 6.07) is 20.2. The predicted molar refractivity (Wildman–Crippen MR) is 116 cm³/mol. The van der Waals surface area contributed by atoms with Crippen LogP contribution >= 0.6 is 0 Å². The molecule has 0 aliphatic carbocycles. The number of carbonyl (C=O) groups excluding carboxylic acids is 2. The molecule has 2 N–H and O–H groups in total. The second-order valence-electron chi connectivity index (χ2n) is 6.93. The molecule has 3 aromatic carbocycles. The number of hydrogen-bond donors (Lipinski definition) is 2. The van der Waals surface area contributed by atoms with E-state index >= 15 is 0 Å². The fourth-order valence-electron chi connectivity index (χ4n) is 2.86. The molecule has 0 atom stereocenters. The first-order valence-corrected chi connectivity index (χ1v) is 10.8. The molecule has 0 aliphatic heterocycles. The van der Waals surface area contributed by atoms with Crippen molar-refractivity contribution in [3.63, 3.8) is 0 Å². The van der Waals surface area contributed by atoms with E-state index in [4.69, 9.17) is 0 Å². The largest absolute Gasteiger partial charge is 0.324 e. The normalized spacial score (nSPS) is 11.1. The molecule has 154 valence electrons. The quantitative estimate of drug-likeness (QED) is 0.571. The Kier molecular flexibility index (Phi) is 6.44. The molecule has 0 radical (unpaired) electrons. The minimum atomic E-state index is -3.82. The molecular formula is C23H22N2O4S. The summed E-state index contributed by atoms with van der Waals surface area (Å²) >= 11 is 0. The Labute approximate surface area is 176 Å². The van der Waals surface area contributed by atoms with Gasteiger partial charge in [0.05, 0.1) is 17.1 Å². The Morgan fingerprint density at radius 1 is 0.833 bits per heavy atom. The Balaban J connectivity index is 1.74. The summed E-state index contributed by atoms with van der Waals surface area (Å²) in [7, 11) is -3.82. The van der Waals surface area contributed by atoms with Crippen molar-refractivity contribution in [1.82, 2.24) is 4.72 Å². The molecule has 3 aromatic rings. The van der Waals surface area contributed by atoms with E-state index in [-0.39, 0.29) is 10.7 Å². The molecule has 0 fully saturated rings. The Bertz CT molecular complexity index is 1170. The second kappa shape index (κ2) is 9.02. The third-order valence-electron chi connectivity index (χ3n) is 4.48. The lowest BCUT2D eigenvalue weighted by molar-refractivity contribution is -0.115. The van der Waals surface area contributed by atoms with Crippen molar-refractivity contribution in [2.24, 2.45) is 0 Å². The number of benzene rings is 3. The summed E-state index contributed by atoms with van der Waals surface area (Å²) in [6.45, 7) is 3.25. The molecule has 0 bridgehead atoms. The van der Waals surface area contributed by atoms with E-state index in [2.05, 4.69) is 10.0 Å². The third kappa shape index (κ3) is 5.20. The highest BCUT2D eigenvalue weighted by Gasteiger charge is 2.18. The van der Waals surface area contributed by atoms with E-state index in [0.717, 1.165) is 11.1 Å². The van der Waals surface area contributed by atoms with Gasteiger partial charge in [0.1, 0.15) is 0 Å². The maximum absolute atomic E-state index is 12.9. The number of ketones is 1. The topological polar surface area (TPSA) is 92.3 Å². The van der Waals surface area contributed by atoms with Crippen LogP contribution in [0.4, 0.5) is 5.69 Å². The highest BCUT2D eigenvalue weighted by atomic mass is 32.2. The number of nitrogens with one attached hydrogen (secondary N) is 2. The van der Waals surface area contributed by atoms with Crippen LogP contribution in [0.3, 0.4) is 0 Å². The summed E-state index contributed by atoms with van der Waals surface area (Å²) < 4.78 is 27.0. The summed E-state index contributed by atoms with van der Waals surface area (Å²) in [5.74, 6) is -0.800. The van der Waals surface area contributed by atoms with Gasteiger partial charge < -0.3 is 5.32 Å². The molecule has 3 rings (SSSR count). The van der Waals surface area contributed by atoms with Crippen molar-refractivity contribution >= 4 is 27.4 Å². The molecule has 7 heteroatoms. The van der Waals surface area contributed by atoms with Gasteiger partial charge in [-0.1, -0.05) is 59.7 Å². The first-order chi connectivity index (χ1) is 14.3. The fourth-order valence-corrected chi connectivity index (χ4v) is 3.84. The molecule has 0 aromatic heterocycles. The van der Waals surface area contributed by atoms with Gasteiger partial charge in [-0.3, -0.25) is 9.59 Å². The zero-order chi connectivity index (χ0) is 21.7. The number of anilines is 1. The molecule has 0 aliphatic rings. The zero-order valence-corrected chi connectivity index (χ0v) is 17.5. The van der Waals surface area contributed by atoms with E-state index in [9.17, 15) is 18.0 Å². The van der Waals surface area contributed by atoms with Crippen LogP contribution in [0, 0.1) is 13.8 Å². The Morgan fingerprint density at radius 2 is 1.47 bits per heavy atom. The number of hydrogen-bond acceptors (Lipinski definition) is 4. The van der Waals surface area contributed by atoms with Gasteiger partial charge in [-0.05, 0) is 38.1 Å². The fraction of sp³-hybridized carbons (Fsp3) is 0.130. The van der Waals surface area contributed by atoms with E-state index in [0.29, 0.717) is 16.8 Å². The number of amides is 1. The van der Waals surface area contributed by atoms with E-state index in [1.54, 1.807) is 54.6 Å². The average Bonchev–Trinajstić information content (AvgIpc) is 2.74. The lowest BCUT2D eigenvalue weighted by Crippen LogP contribution is -2.33. The van der Waals surface area contributed by atoms with Gasteiger partial charge in [-0.2, -0.15) is 0 Å². The molecular weight excluding hydrogens is 400 g/mol. The van der Waals surface area contributed by atoms with Gasteiger partial charge in [0.2, 0.25) is 15.9 Å². The second-order valence-corrected chi connectivity index (χ2v) is 8.70. The van der Waals surface area contributed by atoms with Crippen LogP contribution < -0.4 is 10.0 Å². The minimum Gasteiger partial charge on any atom is -0.324 e. The molecule has 30 heavy (non-hydrogen) atoms. The Hall–Kier alpha value is -3.29. The molecule has 6 nitrogen and oxygen atoms in total. The van der Waals surface area contributed by atoms with Gasteiger partial charge in [0.25, 0.3) is 0 Å². The van der Waals surface area contributed by atoms with Gasteiger partial charge >= 0.3 is 0 Å². The van der Waals surface area contributed by atoms with Crippen LogP contribution in [0.1, 0.15) is 27.0 Å². The smallest absolute Gasteiger partial charge is 0.241 e. The minimum absolute atomic E-state index is 0.0798. The lowest BCUT2D eigenvalue weighted by Gasteiger charge is -2.12. The zero-order valence-electron chi connectivity index (χ0n) is 16.7. The van der Waals surface area contributed by atoms with Crippen molar-refractivity contribution in [3.8, 4) is 0 Å². The first-order valence-electron chi connectivity index (χ1n) is 9.33. The Morgan fingerprint density at radius 3 is 2.13 bits per heavy atom. The van der Waals surface area contributed by atoms with Gasteiger partial charge in [0, 0.05) is 11.1 Å². The number of sulfonamides is 1. The molecule has 1 amide bonds. The number of carbonyl (C=O) groups is 2. The van der Waals surface area contributed by atoms with Crippen LogP contribution in [0.5, 0.6) is 0 Å². The van der Waals surface area contributed by atoms with Gasteiger partial charge in [-0.15, -0.1) is 0 Å². The standard InChI is InChI=1S/C23H22N2O4S/c1-16-8-11-19(12-9-16)30(28,29)24-15-22(26)25-21-13-10-17(2)14-20(21)23(27)18-6-4-3-5-7-18/h3-14,24H,15H2,1-2H3,(H,25,26). The molecule has 0 heterocycles. The highest BCUT2D eigenvalue weighted by Crippen LogP contribution is 2.21. The van der Waals surface area contributed by atoms with Crippen LogP contribution in [-0.2, 0) is 14.8 Å². The van der Waals surface area contributed by atoms with E-state index in [1.165, 1.54) is 12.1 Å². The predicted octanol–water partition coefficient (Wildman–Crippen LogP) is 3.45. The number of aryl methyl sites for hydroxylation is 2. The van der Waals surface area contributed by atoms with Crippen molar-refractivity contribution in [1.29, 1.82) is 0 Å². The van der Waals surface area contributed by atoms with Crippen molar-refractivity contribution in [2.75, 3.05) is 11.9 Å². The van der Waals surface area contributed by atoms with Crippen molar-refractivity contribution < 1.29 is 18.0 Å². The monoisotopic (exact) mass is 422 g/mol. The molecule has 0 saturated heterocycles. The summed E-state index contributed by atoms with van der Waals surface area (Å²) in [5.41, 5.74) is 2.97. The van der Waals surface area contributed by atoms with Crippen molar-refractivity contribution in [3.05, 3.63) is 95.1 Å². The third-order valence-corrected chi connectivity index (χ3v) is 5.90. The molecule has 0 unspecified atom stereocenters. The van der Waals surface area contributed by atoms with Crippen LogP contribution in [0.15, 0.2) is 77.7 Å². The van der Waals surface area contributed by atoms with Crippen molar-refractivity contribution in [2.45, 2.75) is 18.7 Å². The summed E-state index contributed by atoms with van der Waals surface area (Å²) in [6.07, 6.45) is 0. The average molecular weight is 423 g/mol. The molecule has 0 spiro atoms. The lowest BCUT2D eigenvalue weighted by atomic mass is 9.99. The van der Waals surface area contributed by atoms with Crippen LogP contribution in [-0.4, -0.2) is 26.7 Å². The van der Waals surface area contributed by atoms with E-state index in [1.807, 2.05) is 19.9 Å². The van der Waals surface area contributed by atoms with Gasteiger partial charge in [0.15, 0.2) is 5.78 Å². The first kappa shape index (κ1) is 21.4. The maximum atomic E-state index is 12.9. The number of rotatable bonds is 7. The molecule has 0 saturated carbocycles. The van der Waals surface area contributed by atoms with E-state index < -0.39 is 22.5 Å². The van der Waals surface area contributed by atoms with Crippen LogP contribution in [0.25, 0.3) is 0 Å². The maximum Gasteiger partial charge on any atom is 0.241 e.